The van der Waals surface area contributed by atoms with Crippen LogP contribution in [0.3, 0.4) is 0 Å². The molecule has 0 spiro atoms. The van der Waals surface area contributed by atoms with Crippen LogP contribution >= 0.6 is 24.8 Å². The summed E-state index contributed by atoms with van der Waals surface area (Å²) in [4.78, 5) is 15.5. The number of carbonyl (C=O) groups is 1. The lowest BCUT2D eigenvalue weighted by Gasteiger charge is -2.39. The Kier molecular flexibility index (Phi) is 11.3. The molecule has 3 N–H and O–H groups in total. The van der Waals surface area contributed by atoms with E-state index in [-0.39, 0.29) is 53.9 Å². The van der Waals surface area contributed by atoms with Crippen molar-refractivity contribution >= 4 is 40.7 Å². The number of hydrogen-bond acceptors (Lipinski definition) is 8. The summed E-state index contributed by atoms with van der Waals surface area (Å²) in [5.41, 5.74) is 4.05. The Morgan fingerprint density at radius 3 is 2.39 bits per heavy atom. The average Bonchev–Trinajstić information content (AvgIpc) is 3.15. The maximum absolute atomic E-state index is 13.5. The molecule has 0 saturated carbocycles. The molecule has 0 aromatic heterocycles. The fourth-order valence-corrected chi connectivity index (χ4v) is 6.58. The van der Waals surface area contributed by atoms with Gasteiger partial charge in [-0.25, -0.2) is 18.9 Å². The first kappa shape index (κ1) is 31.0. The molecule has 3 saturated heterocycles. The Balaban J connectivity index is 0.00000228. The molecule has 1 aromatic rings. The number of nitrogens with one attached hydrogen (secondary N) is 3. The molecule has 4 unspecified atom stereocenters. The van der Waals surface area contributed by atoms with E-state index < -0.39 is 16.2 Å². The van der Waals surface area contributed by atoms with Crippen LogP contribution in [0.15, 0.2) is 23.1 Å². The number of likely N-dealkylation sites (N-methyl/N-ethyl adjacent to an activating group) is 1. The second-order valence-corrected chi connectivity index (χ2v) is 11.1. The topological polar surface area (TPSA) is 106 Å². The highest BCUT2D eigenvalue weighted by molar-refractivity contribution is 7.89. The molecule has 1 amide bonds. The summed E-state index contributed by atoms with van der Waals surface area (Å²) in [5, 5.41) is 8.52. The quantitative estimate of drug-likeness (QED) is 0.436. The van der Waals surface area contributed by atoms with Gasteiger partial charge in [-0.1, -0.05) is 20.3 Å². The molecule has 4 atom stereocenters. The molecular weight excluding hydrogens is 527 g/mol. The Hall–Kier alpha value is -1.18. The number of rotatable bonds is 8. The number of ether oxygens (including phenoxy) is 1. The molecular formula is C23H40Cl2N6O4S. The van der Waals surface area contributed by atoms with Gasteiger partial charge in [0.25, 0.3) is 0 Å². The minimum Gasteiger partial charge on any atom is -0.493 e. The van der Waals surface area contributed by atoms with Gasteiger partial charge >= 0.3 is 0 Å². The van der Waals surface area contributed by atoms with Crippen LogP contribution in [0.5, 0.6) is 5.75 Å². The highest BCUT2D eigenvalue weighted by Crippen LogP contribution is 2.32. The van der Waals surface area contributed by atoms with Gasteiger partial charge in [-0.15, -0.1) is 24.8 Å². The first-order chi connectivity index (χ1) is 16.3. The fourth-order valence-electron chi connectivity index (χ4n) is 5.12. The van der Waals surface area contributed by atoms with Crippen molar-refractivity contribution in [3.63, 3.8) is 0 Å². The van der Waals surface area contributed by atoms with Gasteiger partial charge in [-0.3, -0.25) is 10.1 Å². The Morgan fingerprint density at radius 2 is 1.78 bits per heavy atom. The van der Waals surface area contributed by atoms with Crippen LogP contribution in [0.1, 0.15) is 52.3 Å². The lowest BCUT2D eigenvalue weighted by molar-refractivity contribution is -0.134. The summed E-state index contributed by atoms with van der Waals surface area (Å²) in [6.07, 6.45) is 1.30. The van der Waals surface area contributed by atoms with Crippen molar-refractivity contribution in [2.45, 2.75) is 69.8 Å². The van der Waals surface area contributed by atoms with Crippen LogP contribution in [-0.4, -0.2) is 86.1 Å². The summed E-state index contributed by atoms with van der Waals surface area (Å²) in [6, 6.07) is 4.62. The minimum absolute atomic E-state index is 0. The van der Waals surface area contributed by atoms with Crippen molar-refractivity contribution in [3.8, 4) is 5.75 Å². The van der Waals surface area contributed by atoms with Crippen LogP contribution in [-0.2, 0) is 14.8 Å². The Morgan fingerprint density at radius 1 is 1.08 bits per heavy atom. The maximum atomic E-state index is 13.5. The van der Waals surface area contributed by atoms with E-state index in [9.17, 15) is 13.2 Å². The lowest BCUT2D eigenvalue weighted by Crippen LogP contribution is -2.64. The van der Waals surface area contributed by atoms with Gasteiger partial charge in [-0.2, -0.15) is 4.31 Å². The third kappa shape index (κ3) is 6.10. The zero-order valence-corrected chi connectivity index (χ0v) is 23.8. The SMILES string of the molecule is CCCC1NC(C)C2C(=O)NC(c3cc(S(=O)(=O)N4CCN(CC)CC4)ccc3OCC)NN12.Cl.Cl. The minimum atomic E-state index is -3.66. The van der Waals surface area contributed by atoms with Crippen LogP contribution < -0.4 is 20.8 Å². The molecule has 0 aliphatic carbocycles. The van der Waals surface area contributed by atoms with Crippen LogP contribution in [0, 0.1) is 0 Å². The molecule has 1 aromatic carbocycles. The van der Waals surface area contributed by atoms with Crippen LogP contribution in [0.4, 0.5) is 0 Å². The third-order valence-electron chi connectivity index (χ3n) is 6.97. The van der Waals surface area contributed by atoms with E-state index in [2.05, 4.69) is 34.8 Å². The second kappa shape index (κ2) is 13.1. The van der Waals surface area contributed by atoms with Crippen molar-refractivity contribution in [3.05, 3.63) is 23.8 Å². The lowest BCUT2D eigenvalue weighted by atomic mass is 10.1. The predicted octanol–water partition coefficient (Wildman–Crippen LogP) is 1.68. The number of halogens is 2. The van der Waals surface area contributed by atoms with Crippen molar-refractivity contribution < 1.29 is 17.9 Å². The number of benzene rings is 1. The van der Waals surface area contributed by atoms with E-state index >= 15 is 0 Å². The van der Waals surface area contributed by atoms with Crippen molar-refractivity contribution in [2.24, 2.45) is 0 Å². The van der Waals surface area contributed by atoms with Crippen molar-refractivity contribution in [1.82, 2.24) is 30.3 Å². The number of piperazine rings is 1. The molecule has 3 aliphatic heterocycles. The summed E-state index contributed by atoms with van der Waals surface area (Å²) >= 11 is 0. The summed E-state index contributed by atoms with van der Waals surface area (Å²) in [5.74, 6) is 0.467. The molecule has 3 heterocycles. The van der Waals surface area contributed by atoms with Gasteiger partial charge in [0, 0.05) is 37.8 Å². The van der Waals surface area contributed by atoms with Crippen molar-refractivity contribution in [2.75, 3.05) is 39.3 Å². The van der Waals surface area contributed by atoms with Gasteiger partial charge in [0.15, 0.2) is 0 Å². The zero-order chi connectivity index (χ0) is 24.5. The number of fused-ring (bicyclic) bond motifs is 1. The fraction of sp³-hybridized carbons (Fsp3) is 0.696. The molecule has 3 fully saturated rings. The molecule has 4 rings (SSSR count). The summed E-state index contributed by atoms with van der Waals surface area (Å²) < 4.78 is 34.3. The van der Waals surface area contributed by atoms with Gasteiger partial charge in [0.2, 0.25) is 15.9 Å². The maximum Gasteiger partial charge on any atom is 0.243 e. The first-order valence-corrected chi connectivity index (χ1v) is 13.8. The standard InChI is InChI=1S/C23H38N6O4S.2ClH/c1-5-8-20-24-16(4)21-23(30)25-22(26-29(20)21)18-15-17(9-10-19(18)33-7-3)34(31,32)28-13-11-27(6-2)12-14-28;;/h9-10,15-16,20-22,24,26H,5-8,11-14H2,1-4H3,(H,25,30);2*1H. The van der Waals surface area contributed by atoms with E-state index in [1.165, 1.54) is 0 Å². The van der Waals surface area contributed by atoms with Gasteiger partial charge in [0.1, 0.15) is 18.0 Å². The van der Waals surface area contributed by atoms with E-state index in [1.54, 1.807) is 22.5 Å². The van der Waals surface area contributed by atoms with Crippen molar-refractivity contribution in [1.29, 1.82) is 0 Å². The van der Waals surface area contributed by atoms with Gasteiger partial charge in [0.05, 0.1) is 17.7 Å². The normalized spacial score (nSPS) is 27.5. The molecule has 36 heavy (non-hydrogen) atoms. The highest BCUT2D eigenvalue weighted by Gasteiger charge is 2.47. The number of nitrogens with zero attached hydrogens (tertiary/aromatic N) is 3. The molecule has 10 nitrogen and oxygen atoms in total. The Labute approximate surface area is 227 Å². The summed E-state index contributed by atoms with van der Waals surface area (Å²) in [7, 11) is -3.66. The van der Waals surface area contributed by atoms with Crippen LogP contribution in [0.2, 0.25) is 0 Å². The number of hydrogen-bond donors (Lipinski definition) is 3. The molecule has 13 heteroatoms. The number of amides is 1. The first-order valence-electron chi connectivity index (χ1n) is 12.4. The smallest absolute Gasteiger partial charge is 0.243 e. The molecule has 0 bridgehead atoms. The van der Waals surface area contributed by atoms with E-state index in [0.29, 0.717) is 31.0 Å². The second-order valence-electron chi connectivity index (χ2n) is 9.15. The molecule has 0 radical (unpaired) electrons. The third-order valence-corrected chi connectivity index (χ3v) is 8.86. The van der Waals surface area contributed by atoms with E-state index in [0.717, 1.165) is 32.5 Å². The monoisotopic (exact) mass is 566 g/mol. The summed E-state index contributed by atoms with van der Waals surface area (Å²) in [6.45, 7) is 11.8. The van der Waals surface area contributed by atoms with E-state index in [1.807, 2.05) is 18.9 Å². The zero-order valence-electron chi connectivity index (χ0n) is 21.4. The molecule has 3 aliphatic rings. The largest absolute Gasteiger partial charge is 0.493 e. The average molecular weight is 568 g/mol. The van der Waals surface area contributed by atoms with Gasteiger partial charge in [-0.05, 0) is 45.0 Å². The molecule has 206 valence electrons. The van der Waals surface area contributed by atoms with E-state index in [4.69, 9.17) is 4.74 Å². The number of carbonyl (C=O) groups excluding carboxylic acids is 1. The Bertz CT molecular complexity index is 993. The predicted molar refractivity (Wildman–Crippen MR) is 144 cm³/mol. The van der Waals surface area contributed by atoms with Gasteiger partial charge < -0.3 is 15.0 Å². The highest BCUT2D eigenvalue weighted by atomic mass is 35.5. The number of sulfonamides is 1. The number of hydrazine groups is 1. The van der Waals surface area contributed by atoms with Crippen LogP contribution in [0.25, 0.3) is 0 Å².